The Morgan fingerprint density at radius 1 is 1.08 bits per heavy atom. The fourth-order valence-electron chi connectivity index (χ4n) is 3.25. The van der Waals surface area contributed by atoms with Crippen LogP contribution in [0.1, 0.15) is 17.0 Å². The molecule has 0 aliphatic carbocycles. The van der Waals surface area contributed by atoms with Gasteiger partial charge in [0, 0.05) is 43.3 Å². The molecule has 0 bridgehead atoms. The van der Waals surface area contributed by atoms with Crippen molar-refractivity contribution in [3.8, 4) is 0 Å². The molecule has 1 aromatic carbocycles. The molecule has 25 heavy (non-hydrogen) atoms. The number of aromatic nitrogens is 5. The predicted octanol–water partition coefficient (Wildman–Crippen LogP) is 2.15. The smallest absolute Gasteiger partial charge is 0.328 e. The highest BCUT2D eigenvalue weighted by Crippen LogP contribution is 2.19. The maximum absolute atomic E-state index is 12.0. The van der Waals surface area contributed by atoms with Gasteiger partial charge in [-0.2, -0.15) is 5.10 Å². The van der Waals surface area contributed by atoms with Crippen molar-refractivity contribution in [3.05, 3.63) is 57.9 Å². The minimum atomic E-state index is -0.0232. The number of anilines is 1. The zero-order valence-electron chi connectivity index (χ0n) is 14.7. The van der Waals surface area contributed by atoms with Gasteiger partial charge in [-0.15, -0.1) is 0 Å². The van der Waals surface area contributed by atoms with Crippen molar-refractivity contribution in [2.45, 2.75) is 20.4 Å². The molecule has 128 valence electrons. The Labute approximate surface area is 144 Å². The second-order valence-electron chi connectivity index (χ2n) is 6.40. The molecule has 3 heterocycles. The van der Waals surface area contributed by atoms with Crippen molar-refractivity contribution in [2.75, 3.05) is 5.32 Å². The summed E-state index contributed by atoms with van der Waals surface area (Å²) in [5, 5.41) is 7.82. The molecule has 0 fully saturated rings. The van der Waals surface area contributed by atoms with Gasteiger partial charge in [-0.25, -0.2) is 14.3 Å². The average molecular weight is 336 g/mol. The van der Waals surface area contributed by atoms with Crippen molar-refractivity contribution in [1.82, 2.24) is 23.7 Å². The van der Waals surface area contributed by atoms with Crippen LogP contribution in [-0.4, -0.2) is 23.7 Å². The van der Waals surface area contributed by atoms with Gasteiger partial charge in [0.1, 0.15) is 0 Å². The molecule has 0 saturated carbocycles. The summed E-state index contributed by atoms with van der Waals surface area (Å²) in [5.41, 5.74) is 6.71. The number of hydrogen-bond acceptors (Lipinski definition) is 4. The maximum Gasteiger partial charge on any atom is 0.328 e. The van der Waals surface area contributed by atoms with Crippen LogP contribution < -0.4 is 11.0 Å². The average Bonchev–Trinajstić information content (AvgIpc) is 3.09. The lowest BCUT2D eigenvalue weighted by Gasteiger charge is -2.07. The summed E-state index contributed by atoms with van der Waals surface area (Å²) < 4.78 is 5.16. The SMILES string of the molecule is Cc1cc(C)n2ncc(CNc3ccc4c(c3)n(C)c(=O)n4C)c2n1. The number of hydrogen-bond donors (Lipinski definition) is 1. The van der Waals surface area contributed by atoms with Crippen molar-refractivity contribution >= 4 is 22.4 Å². The van der Waals surface area contributed by atoms with E-state index in [4.69, 9.17) is 0 Å². The molecule has 0 spiro atoms. The van der Waals surface area contributed by atoms with Crippen LogP contribution in [0.15, 0.2) is 35.3 Å². The Bertz CT molecular complexity index is 1160. The number of imidazole rings is 1. The molecule has 0 saturated heterocycles. The molecule has 0 aliphatic rings. The summed E-state index contributed by atoms with van der Waals surface area (Å²) in [5.74, 6) is 0. The van der Waals surface area contributed by atoms with Crippen LogP contribution in [-0.2, 0) is 20.6 Å². The molecule has 0 aliphatic heterocycles. The van der Waals surface area contributed by atoms with Gasteiger partial charge in [0.2, 0.25) is 0 Å². The van der Waals surface area contributed by atoms with Crippen LogP contribution in [0.25, 0.3) is 16.7 Å². The van der Waals surface area contributed by atoms with E-state index in [0.29, 0.717) is 6.54 Å². The molecule has 1 N–H and O–H groups in total. The number of rotatable bonds is 3. The Kier molecular flexibility index (Phi) is 3.38. The van der Waals surface area contributed by atoms with Crippen LogP contribution >= 0.6 is 0 Å². The van der Waals surface area contributed by atoms with E-state index in [0.717, 1.165) is 39.3 Å². The van der Waals surface area contributed by atoms with Crippen molar-refractivity contribution in [3.63, 3.8) is 0 Å². The van der Waals surface area contributed by atoms with E-state index in [-0.39, 0.29) is 5.69 Å². The Hall–Kier alpha value is -3.09. The molecule has 7 heteroatoms. The molecule has 0 amide bonds. The molecule has 0 atom stereocenters. The summed E-state index contributed by atoms with van der Waals surface area (Å²) in [4.78, 5) is 16.6. The number of benzene rings is 1. The molecule has 4 rings (SSSR count). The molecular weight excluding hydrogens is 316 g/mol. The first-order valence-electron chi connectivity index (χ1n) is 8.16. The third-order valence-electron chi connectivity index (χ3n) is 4.61. The van der Waals surface area contributed by atoms with Crippen LogP contribution in [0.2, 0.25) is 0 Å². The van der Waals surface area contributed by atoms with E-state index in [9.17, 15) is 4.79 Å². The van der Waals surface area contributed by atoms with Gasteiger partial charge >= 0.3 is 5.69 Å². The summed E-state index contributed by atoms with van der Waals surface area (Å²) in [6, 6.07) is 7.95. The number of aryl methyl sites for hydroxylation is 4. The summed E-state index contributed by atoms with van der Waals surface area (Å²) in [6.07, 6.45) is 1.85. The van der Waals surface area contributed by atoms with Crippen molar-refractivity contribution in [1.29, 1.82) is 0 Å². The van der Waals surface area contributed by atoms with Gasteiger partial charge in [-0.05, 0) is 38.1 Å². The van der Waals surface area contributed by atoms with E-state index in [1.807, 2.05) is 48.8 Å². The fraction of sp³-hybridized carbons (Fsp3) is 0.278. The minimum Gasteiger partial charge on any atom is -0.381 e. The van der Waals surface area contributed by atoms with Gasteiger partial charge in [0.15, 0.2) is 5.65 Å². The topological polar surface area (TPSA) is 69.2 Å². The fourth-order valence-corrected chi connectivity index (χ4v) is 3.25. The second kappa shape index (κ2) is 5.47. The van der Waals surface area contributed by atoms with Gasteiger partial charge < -0.3 is 5.32 Å². The van der Waals surface area contributed by atoms with E-state index in [1.165, 1.54) is 0 Å². The van der Waals surface area contributed by atoms with Gasteiger partial charge in [-0.1, -0.05) is 0 Å². The Morgan fingerprint density at radius 2 is 1.84 bits per heavy atom. The lowest BCUT2D eigenvalue weighted by atomic mass is 10.2. The normalized spacial score (nSPS) is 11.5. The Morgan fingerprint density at radius 3 is 2.64 bits per heavy atom. The zero-order valence-corrected chi connectivity index (χ0v) is 14.7. The lowest BCUT2D eigenvalue weighted by Crippen LogP contribution is -2.19. The summed E-state index contributed by atoms with van der Waals surface area (Å²) in [7, 11) is 3.57. The van der Waals surface area contributed by atoms with Crippen LogP contribution in [0.3, 0.4) is 0 Å². The molecule has 7 nitrogen and oxygen atoms in total. The third-order valence-corrected chi connectivity index (χ3v) is 4.61. The highest BCUT2D eigenvalue weighted by atomic mass is 16.1. The predicted molar refractivity (Wildman–Crippen MR) is 97.9 cm³/mol. The number of fused-ring (bicyclic) bond motifs is 2. The first-order valence-corrected chi connectivity index (χ1v) is 8.16. The standard InChI is InChI=1S/C18H20N6O/c1-11-7-12(2)24-17(21-11)13(10-20-24)9-19-14-5-6-15-16(8-14)23(4)18(25)22(15)3/h5-8,10,19H,9H2,1-4H3. The monoisotopic (exact) mass is 336 g/mol. The van der Waals surface area contributed by atoms with Crippen molar-refractivity contribution in [2.24, 2.45) is 14.1 Å². The summed E-state index contributed by atoms with van der Waals surface area (Å²) >= 11 is 0. The van der Waals surface area contributed by atoms with Crippen LogP contribution in [0.5, 0.6) is 0 Å². The lowest BCUT2D eigenvalue weighted by molar-refractivity contribution is 0.795. The zero-order chi connectivity index (χ0) is 17.7. The van der Waals surface area contributed by atoms with Gasteiger partial charge in [0.25, 0.3) is 0 Å². The molecule has 3 aromatic heterocycles. The first kappa shape index (κ1) is 15.4. The highest BCUT2D eigenvalue weighted by molar-refractivity contribution is 5.80. The molecular formula is C18H20N6O. The molecule has 0 unspecified atom stereocenters. The van der Waals surface area contributed by atoms with Crippen molar-refractivity contribution < 1.29 is 0 Å². The minimum absolute atomic E-state index is 0.0232. The largest absolute Gasteiger partial charge is 0.381 e. The van der Waals surface area contributed by atoms with Crippen LogP contribution in [0.4, 0.5) is 5.69 Å². The third kappa shape index (κ3) is 2.39. The van der Waals surface area contributed by atoms with Crippen LogP contribution in [0, 0.1) is 13.8 Å². The molecule has 0 radical (unpaired) electrons. The first-order chi connectivity index (χ1) is 12.0. The van der Waals surface area contributed by atoms with Gasteiger partial charge in [-0.3, -0.25) is 9.13 Å². The van der Waals surface area contributed by atoms with E-state index < -0.39 is 0 Å². The highest BCUT2D eigenvalue weighted by Gasteiger charge is 2.10. The van der Waals surface area contributed by atoms with E-state index >= 15 is 0 Å². The number of nitrogens with one attached hydrogen (secondary N) is 1. The van der Waals surface area contributed by atoms with E-state index in [2.05, 4.69) is 15.4 Å². The summed E-state index contributed by atoms with van der Waals surface area (Å²) in [6.45, 7) is 4.63. The van der Waals surface area contributed by atoms with E-state index in [1.54, 1.807) is 23.2 Å². The quantitative estimate of drug-likeness (QED) is 0.622. The molecule has 4 aromatic rings. The second-order valence-corrected chi connectivity index (χ2v) is 6.40. The van der Waals surface area contributed by atoms with Gasteiger partial charge in [0.05, 0.1) is 17.2 Å². The Balaban J connectivity index is 1.67. The number of nitrogens with zero attached hydrogens (tertiary/aromatic N) is 5. The maximum atomic E-state index is 12.0.